The number of Topliss-reactive ketones (excluding diaryl/α,β-unsaturated/α-hetero) is 2. The minimum absolute atomic E-state index is 0.0198. The Labute approximate surface area is 300 Å². The van der Waals surface area contributed by atoms with Gasteiger partial charge in [-0.05, 0) is 37.8 Å². The molecule has 0 aliphatic carbocycles. The minimum atomic E-state index is -0.794. The van der Waals surface area contributed by atoms with Gasteiger partial charge in [0.2, 0.25) is 0 Å². The molecular weight excluding hydrogens is 664 g/mol. The van der Waals surface area contributed by atoms with Crippen LogP contribution in [-0.4, -0.2) is 105 Å². The van der Waals surface area contributed by atoms with E-state index >= 15 is 0 Å². The Hall–Kier alpha value is -4.81. The number of carbonyl (C=O) groups excluding carboxylic acids is 5. The van der Waals surface area contributed by atoms with Crippen LogP contribution in [0.25, 0.3) is 21.8 Å². The molecular formula is C40H42N4O8. The molecule has 2 aromatic heterocycles. The Morgan fingerprint density at radius 3 is 1.63 bits per heavy atom. The normalized spacial score (nSPS) is 34.1. The first-order valence-electron chi connectivity index (χ1n) is 18.5. The van der Waals surface area contributed by atoms with Gasteiger partial charge in [-0.25, -0.2) is 14.4 Å². The number of H-pyrrole nitrogens is 2. The lowest BCUT2D eigenvalue weighted by Gasteiger charge is -2.56. The fourth-order valence-corrected chi connectivity index (χ4v) is 10.2. The van der Waals surface area contributed by atoms with Crippen LogP contribution in [0.4, 0.5) is 0 Å². The van der Waals surface area contributed by atoms with Crippen LogP contribution in [0.15, 0.2) is 60.9 Å². The third kappa shape index (κ3) is 5.63. The van der Waals surface area contributed by atoms with Crippen molar-refractivity contribution in [1.29, 1.82) is 0 Å². The highest BCUT2D eigenvalue weighted by Crippen LogP contribution is 2.46. The van der Waals surface area contributed by atoms with Crippen molar-refractivity contribution in [3.05, 3.63) is 72.1 Å². The molecule has 0 radical (unpaired) electrons. The van der Waals surface area contributed by atoms with Gasteiger partial charge in [-0.3, -0.25) is 19.4 Å². The number of aromatic amines is 2. The smallest absolute Gasteiger partial charge is 0.340 e. The van der Waals surface area contributed by atoms with E-state index in [0.29, 0.717) is 48.4 Å². The van der Waals surface area contributed by atoms with Crippen LogP contribution in [-0.2, 0) is 28.6 Å². The topological polar surface area (TPSA) is 151 Å². The predicted octanol–water partition coefficient (Wildman–Crippen LogP) is 4.58. The molecule has 8 bridgehead atoms. The van der Waals surface area contributed by atoms with Crippen LogP contribution in [0.1, 0.15) is 72.1 Å². The molecule has 5 unspecified atom stereocenters. The molecule has 12 nitrogen and oxygen atoms in total. The van der Waals surface area contributed by atoms with Gasteiger partial charge in [-0.1, -0.05) is 36.4 Å². The minimum Gasteiger partial charge on any atom is -0.468 e. The highest BCUT2D eigenvalue weighted by Gasteiger charge is 2.57. The predicted molar refractivity (Wildman–Crippen MR) is 188 cm³/mol. The van der Waals surface area contributed by atoms with Gasteiger partial charge < -0.3 is 24.2 Å². The molecule has 270 valence electrons. The average Bonchev–Trinajstić information content (AvgIpc) is 3.77. The van der Waals surface area contributed by atoms with Gasteiger partial charge >= 0.3 is 17.9 Å². The molecule has 2 aromatic carbocycles. The monoisotopic (exact) mass is 706 g/mol. The van der Waals surface area contributed by atoms with Gasteiger partial charge in [0, 0.05) is 95.9 Å². The molecule has 0 spiro atoms. The zero-order chi connectivity index (χ0) is 35.7. The Balaban J connectivity index is 0.000000140. The second-order valence-corrected chi connectivity index (χ2v) is 15.4. The van der Waals surface area contributed by atoms with Crippen molar-refractivity contribution in [2.24, 2.45) is 11.8 Å². The SMILES string of the molecule is COC(=O)C1C(=O)C2CC3CC(OC(=O)c4c[nH]c5ccccc45)CC(C2)N31.O=C(OC1CC2CC3CC(C1)N2CC3=O)c1c[nH]c2ccccc12. The van der Waals surface area contributed by atoms with E-state index in [1.165, 1.54) is 7.11 Å². The van der Waals surface area contributed by atoms with Gasteiger partial charge in [0.15, 0.2) is 11.8 Å². The summed E-state index contributed by atoms with van der Waals surface area (Å²) in [5.74, 6) is -0.509. The summed E-state index contributed by atoms with van der Waals surface area (Å²) in [6.45, 7) is 0.600. The largest absolute Gasteiger partial charge is 0.468 e. The number of hydrogen-bond acceptors (Lipinski definition) is 10. The van der Waals surface area contributed by atoms with Crippen molar-refractivity contribution >= 4 is 51.3 Å². The number of esters is 3. The fraction of sp³-hybridized carbons (Fsp3) is 0.475. The zero-order valence-electron chi connectivity index (χ0n) is 29.0. The molecule has 8 aliphatic heterocycles. The summed E-state index contributed by atoms with van der Waals surface area (Å²) in [7, 11) is 1.32. The molecule has 5 atom stereocenters. The number of aromatic nitrogens is 2. The summed E-state index contributed by atoms with van der Waals surface area (Å²) in [5, 5.41) is 1.76. The van der Waals surface area contributed by atoms with Gasteiger partial charge in [0.1, 0.15) is 18.0 Å². The summed E-state index contributed by atoms with van der Waals surface area (Å²) in [6.07, 6.45) is 9.51. The second-order valence-electron chi connectivity index (χ2n) is 15.4. The van der Waals surface area contributed by atoms with Gasteiger partial charge in [0.25, 0.3) is 0 Å². The lowest BCUT2D eigenvalue weighted by Crippen LogP contribution is -2.69. The number of piperidine rings is 8. The average molecular weight is 707 g/mol. The Bertz CT molecular complexity index is 2050. The van der Waals surface area contributed by atoms with Crippen LogP contribution < -0.4 is 0 Å². The van der Waals surface area contributed by atoms with Crippen molar-refractivity contribution in [3.63, 3.8) is 0 Å². The molecule has 8 aliphatic rings. The Morgan fingerprint density at radius 2 is 1.13 bits per heavy atom. The number of carbonyl (C=O) groups is 5. The molecule has 8 saturated heterocycles. The number of nitrogens with zero attached hydrogens (tertiary/aromatic N) is 2. The second kappa shape index (κ2) is 13.0. The first-order chi connectivity index (χ1) is 25.2. The molecule has 52 heavy (non-hydrogen) atoms. The lowest BCUT2D eigenvalue weighted by atomic mass is 9.69. The number of hydrogen-bond donors (Lipinski definition) is 2. The number of ether oxygens (including phenoxy) is 3. The van der Waals surface area contributed by atoms with Crippen LogP contribution in [0.3, 0.4) is 0 Å². The molecule has 10 heterocycles. The molecule has 0 amide bonds. The summed E-state index contributed by atoms with van der Waals surface area (Å²) in [5.41, 5.74) is 3.00. The maximum absolute atomic E-state index is 12.8. The van der Waals surface area contributed by atoms with E-state index < -0.39 is 12.0 Å². The highest BCUT2D eigenvalue weighted by atomic mass is 16.5. The molecule has 12 heteroatoms. The van der Waals surface area contributed by atoms with Crippen molar-refractivity contribution in [3.8, 4) is 0 Å². The number of ketones is 2. The number of rotatable bonds is 5. The lowest BCUT2D eigenvalue weighted by molar-refractivity contribution is -0.173. The van der Waals surface area contributed by atoms with Crippen LogP contribution >= 0.6 is 0 Å². The number of methoxy groups -OCH3 is 1. The van der Waals surface area contributed by atoms with E-state index in [-0.39, 0.29) is 53.8 Å². The molecule has 2 N–H and O–H groups in total. The molecule has 0 saturated carbocycles. The maximum Gasteiger partial charge on any atom is 0.340 e. The summed E-state index contributed by atoms with van der Waals surface area (Å²) in [6, 6.07) is 15.6. The van der Waals surface area contributed by atoms with E-state index in [1.807, 2.05) is 53.4 Å². The standard InChI is InChI=1S/C21H22N2O5.C19H20N2O3/c1-27-21(26)18-19(24)11-6-12-8-14(9-13(7-11)23(12)18)28-20(25)16-10-22-17-5-3-2-4-15(16)17;22-18-10-21-12-5-11(18)6-13(21)8-14(7-12)24-19(23)16-9-20-17-4-2-1-3-15(16)17/h2-5,10-14,18,22H,6-9H2,1H3;1-4,9,11-14,20H,5-8,10H2. The van der Waals surface area contributed by atoms with Crippen LogP contribution in [0, 0.1) is 11.8 Å². The first kappa shape index (κ1) is 33.1. The summed E-state index contributed by atoms with van der Waals surface area (Å²) >= 11 is 0. The van der Waals surface area contributed by atoms with E-state index in [9.17, 15) is 24.0 Å². The summed E-state index contributed by atoms with van der Waals surface area (Å²) < 4.78 is 16.6. The summed E-state index contributed by atoms with van der Waals surface area (Å²) in [4.78, 5) is 72.5. The zero-order valence-corrected chi connectivity index (χ0v) is 29.0. The van der Waals surface area contributed by atoms with Crippen molar-refractivity contribution in [2.45, 2.75) is 93.8 Å². The van der Waals surface area contributed by atoms with E-state index in [4.69, 9.17) is 14.2 Å². The maximum atomic E-state index is 12.8. The van der Waals surface area contributed by atoms with E-state index in [2.05, 4.69) is 14.9 Å². The fourth-order valence-electron chi connectivity index (χ4n) is 10.2. The first-order valence-corrected chi connectivity index (χ1v) is 18.5. The van der Waals surface area contributed by atoms with E-state index in [1.54, 1.807) is 12.4 Å². The van der Waals surface area contributed by atoms with Crippen molar-refractivity contribution in [1.82, 2.24) is 19.8 Å². The number of fused-ring (bicyclic) bond motifs is 4. The van der Waals surface area contributed by atoms with Gasteiger partial charge in [-0.2, -0.15) is 0 Å². The quantitative estimate of drug-likeness (QED) is 0.172. The number of para-hydroxylation sites is 2. The van der Waals surface area contributed by atoms with Gasteiger partial charge in [0.05, 0.1) is 24.8 Å². The molecule has 12 rings (SSSR count). The Kier molecular flexibility index (Phi) is 8.26. The third-order valence-electron chi connectivity index (χ3n) is 12.5. The van der Waals surface area contributed by atoms with Gasteiger partial charge in [-0.15, -0.1) is 0 Å². The van der Waals surface area contributed by atoms with Crippen molar-refractivity contribution < 1.29 is 38.2 Å². The third-order valence-corrected chi connectivity index (χ3v) is 12.5. The van der Waals surface area contributed by atoms with Crippen LogP contribution in [0.5, 0.6) is 0 Å². The highest BCUT2D eigenvalue weighted by molar-refractivity contribution is 6.06. The Morgan fingerprint density at radius 1 is 0.654 bits per heavy atom. The van der Waals surface area contributed by atoms with Crippen molar-refractivity contribution in [2.75, 3.05) is 13.7 Å². The number of nitrogens with one attached hydrogen (secondary N) is 2. The van der Waals surface area contributed by atoms with E-state index in [0.717, 1.165) is 60.3 Å². The molecule has 8 fully saturated rings. The number of benzene rings is 2. The molecule has 4 aromatic rings. The van der Waals surface area contributed by atoms with Crippen LogP contribution in [0.2, 0.25) is 0 Å².